The van der Waals surface area contributed by atoms with E-state index in [-0.39, 0.29) is 17.8 Å². The van der Waals surface area contributed by atoms with Gasteiger partial charge in [-0.05, 0) is 35.4 Å². The fourth-order valence-electron chi connectivity index (χ4n) is 2.88. The van der Waals surface area contributed by atoms with Crippen LogP contribution in [0, 0.1) is 0 Å². The molecule has 0 aliphatic carbocycles. The Balaban J connectivity index is 1.78. The lowest BCUT2D eigenvalue weighted by molar-refractivity contribution is 0.293. The lowest BCUT2D eigenvalue weighted by Crippen LogP contribution is -2.10. The molecule has 4 rings (SSSR count). The molecule has 0 spiro atoms. The number of benzene rings is 3. The summed E-state index contributed by atoms with van der Waals surface area (Å²) in [6.07, 6.45) is 3.64. The van der Waals surface area contributed by atoms with Gasteiger partial charge in [-0.15, -0.1) is 0 Å². The first kappa shape index (κ1) is 18.1. The number of rotatable bonds is 5. The summed E-state index contributed by atoms with van der Waals surface area (Å²) in [6, 6.07) is 24.5. The highest BCUT2D eigenvalue weighted by molar-refractivity contribution is 6.31. The molecule has 4 heteroatoms. The minimum atomic E-state index is -0.243. The van der Waals surface area contributed by atoms with Crippen molar-refractivity contribution in [2.45, 2.75) is 6.61 Å². The van der Waals surface area contributed by atoms with Crippen LogP contribution in [0.1, 0.15) is 16.9 Å². The number of fused-ring (bicyclic) bond motifs is 1. The molecule has 28 heavy (non-hydrogen) atoms. The molecule has 3 aromatic carbocycles. The highest BCUT2D eigenvalue weighted by Gasteiger charge is 2.15. The molecule has 0 bridgehead atoms. The van der Waals surface area contributed by atoms with E-state index in [2.05, 4.69) is 0 Å². The number of halogens is 1. The quantitative estimate of drug-likeness (QED) is 0.409. The van der Waals surface area contributed by atoms with Crippen molar-refractivity contribution in [1.82, 2.24) is 0 Å². The fourth-order valence-corrected chi connectivity index (χ4v) is 3.05. The van der Waals surface area contributed by atoms with Crippen LogP contribution in [-0.4, -0.2) is 0 Å². The van der Waals surface area contributed by atoms with Crippen LogP contribution in [0.15, 0.2) is 88.1 Å². The molecule has 3 nitrogen and oxygen atoms in total. The van der Waals surface area contributed by atoms with Crippen LogP contribution in [0.25, 0.3) is 23.1 Å². The summed E-state index contributed by atoms with van der Waals surface area (Å²) < 4.78 is 11.9. The number of hydrogen-bond acceptors (Lipinski definition) is 3. The molecule has 0 amide bonds. The molecule has 1 aromatic heterocycles. The molecule has 0 saturated heterocycles. The summed E-state index contributed by atoms with van der Waals surface area (Å²) in [5.41, 5.74) is 2.18. The third-order valence-corrected chi connectivity index (χ3v) is 4.52. The Morgan fingerprint density at radius 2 is 1.61 bits per heavy atom. The van der Waals surface area contributed by atoms with Crippen LogP contribution in [0.5, 0.6) is 5.75 Å². The van der Waals surface area contributed by atoms with Crippen molar-refractivity contribution >= 4 is 34.7 Å². The number of hydrogen-bond donors (Lipinski definition) is 0. The zero-order chi connectivity index (χ0) is 19.3. The summed E-state index contributed by atoms with van der Waals surface area (Å²) in [6.45, 7) is 0.268. The average molecular weight is 389 g/mol. The van der Waals surface area contributed by atoms with E-state index in [4.69, 9.17) is 20.8 Å². The largest absolute Gasteiger partial charge is 0.481 e. The summed E-state index contributed by atoms with van der Waals surface area (Å²) >= 11 is 6.06. The van der Waals surface area contributed by atoms with E-state index < -0.39 is 0 Å². The normalized spacial score (nSPS) is 11.2. The molecule has 0 radical (unpaired) electrons. The molecular formula is C24H17ClO3. The maximum atomic E-state index is 13.1. The summed E-state index contributed by atoms with van der Waals surface area (Å²) in [4.78, 5) is 13.1. The topological polar surface area (TPSA) is 39.4 Å². The van der Waals surface area contributed by atoms with E-state index in [9.17, 15) is 4.79 Å². The van der Waals surface area contributed by atoms with E-state index in [0.717, 1.165) is 11.1 Å². The predicted octanol–water partition coefficient (Wildman–Crippen LogP) is 6.20. The van der Waals surface area contributed by atoms with Crippen LogP contribution >= 0.6 is 11.6 Å². The van der Waals surface area contributed by atoms with Gasteiger partial charge in [-0.25, -0.2) is 0 Å². The molecule has 0 unspecified atom stereocenters. The van der Waals surface area contributed by atoms with E-state index in [1.807, 2.05) is 66.7 Å². The van der Waals surface area contributed by atoms with Crippen LogP contribution in [0.4, 0.5) is 0 Å². The minimum absolute atomic E-state index is 0.172. The molecule has 1 heterocycles. The second kappa shape index (κ2) is 8.15. The Bertz CT molecular complexity index is 1180. The standard InChI is InChI=1S/C24H17ClO3/c25-19-12-14-21-20(15-19)23(26)24(27-16-18-9-5-2-6-10-18)22(28-21)13-11-17-7-3-1-4-8-17/h1-15H,16H2/b13-11+. The Kier molecular flexibility index (Phi) is 5.27. The number of ether oxygens (including phenoxy) is 1. The van der Waals surface area contributed by atoms with Crippen LogP contribution < -0.4 is 10.2 Å². The molecule has 4 aromatic rings. The Morgan fingerprint density at radius 3 is 2.36 bits per heavy atom. The second-order valence-corrected chi connectivity index (χ2v) is 6.72. The van der Waals surface area contributed by atoms with Gasteiger partial charge in [0.25, 0.3) is 0 Å². The SMILES string of the molecule is O=c1c(OCc2ccccc2)c(/C=C/c2ccccc2)oc2ccc(Cl)cc12. The van der Waals surface area contributed by atoms with Crippen LogP contribution in [0.2, 0.25) is 5.02 Å². The van der Waals surface area contributed by atoms with E-state index in [1.165, 1.54) is 0 Å². The second-order valence-electron chi connectivity index (χ2n) is 6.28. The fraction of sp³-hybridized carbons (Fsp3) is 0.0417. The molecule has 138 valence electrons. The van der Waals surface area contributed by atoms with Gasteiger partial charge >= 0.3 is 0 Å². The van der Waals surface area contributed by atoms with Crippen LogP contribution in [-0.2, 0) is 6.61 Å². The first-order valence-electron chi connectivity index (χ1n) is 8.87. The van der Waals surface area contributed by atoms with Crippen molar-refractivity contribution in [3.8, 4) is 5.75 Å². The maximum Gasteiger partial charge on any atom is 0.235 e. The zero-order valence-electron chi connectivity index (χ0n) is 15.0. The van der Waals surface area contributed by atoms with Crippen molar-refractivity contribution in [1.29, 1.82) is 0 Å². The Labute approximate surface area is 167 Å². The lowest BCUT2D eigenvalue weighted by atomic mass is 10.1. The summed E-state index contributed by atoms with van der Waals surface area (Å²) in [7, 11) is 0. The third kappa shape index (κ3) is 4.00. The molecular weight excluding hydrogens is 372 g/mol. The zero-order valence-corrected chi connectivity index (χ0v) is 15.7. The lowest BCUT2D eigenvalue weighted by Gasteiger charge is -2.10. The van der Waals surface area contributed by atoms with Gasteiger partial charge in [0.15, 0.2) is 5.76 Å². The van der Waals surface area contributed by atoms with Gasteiger partial charge in [-0.3, -0.25) is 4.79 Å². The third-order valence-electron chi connectivity index (χ3n) is 4.29. The van der Waals surface area contributed by atoms with Gasteiger partial charge in [0.2, 0.25) is 11.2 Å². The monoisotopic (exact) mass is 388 g/mol. The summed E-state index contributed by atoms with van der Waals surface area (Å²) in [5.74, 6) is 0.547. The first-order valence-corrected chi connectivity index (χ1v) is 9.25. The average Bonchev–Trinajstić information content (AvgIpc) is 2.74. The molecule has 0 fully saturated rings. The first-order chi connectivity index (χ1) is 13.7. The molecule has 0 atom stereocenters. The molecule has 0 N–H and O–H groups in total. The van der Waals surface area contributed by atoms with Gasteiger partial charge in [0, 0.05) is 5.02 Å². The van der Waals surface area contributed by atoms with Gasteiger partial charge in [0.1, 0.15) is 12.2 Å². The van der Waals surface area contributed by atoms with Gasteiger partial charge in [-0.2, -0.15) is 0 Å². The summed E-state index contributed by atoms with van der Waals surface area (Å²) in [5, 5.41) is 0.869. The van der Waals surface area contributed by atoms with E-state index in [1.54, 1.807) is 24.3 Å². The van der Waals surface area contributed by atoms with E-state index >= 15 is 0 Å². The smallest absolute Gasteiger partial charge is 0.235 e. The molecule has 0 saturated carbocycles. The van der Waals surface area contributed by atoms with Crippen molar-refractivity contribution in [2.75, 3.05) is 0 Å². The molecule has 0 aliphatic rings. The highest BCUT2D eigenvalue weighted by atomic mass is 35.5. The highest BCUT2D eigenvalue weighted by Crippen LogP contribution is 2.26. The van der Waals surface area contributed by atoms with Gasteiger partial charge in [-0.1, -0.05) is 78.3 Å². The Morgan fingerprint density at radius 1 is 0.893 bits per heavy atom. The van der Waals surface area contributed by atoms with Crippen molar-refractivity contribution in [3.05, 3.63) is 111 Å². The molecule has 0 aliphatic heterocycles. The minimum Gasteiger partial charge on any atom is -0.481 e. The van der Waals surface area contributed by atoms with Crippen LogP contribution in [0.3, 0.4) is 0 Å². The predicted molar refractivity (Wildman–Crippen MR) is 114 cm³/mol. The Hall–Kier alpha value is -3.30. The van der Waals surface area contributed by atoms with Crippen molar-refractivity contribution in [3.63, 3.8) is 0 Å². The van der Waals surface area contributed by atoms with E-state index in [0.29, 0.717) is 21.8 Å². The van der Waals surface area contributed by atoms with Crippen molar-refractivity contribution < 1.29 is 9.15 Å². The van der Waals surface area contributed by atoms with Gasteiger partial charge in [0.05, 0.1) is 5.39 Å². The van der Waals surface area contributed by atoms with Crippen molar-refractivity contribution in [2.24, 2.45) is 0 Å². The maximum absolute atomic E-state index is 13.1. The van der Waals surface area contributed by atoms with Gasteiger partial charge < -0.3 is 9.15 Å².